The lowest BCUT2D eigenvalue weighted by Crippen LogP contribution is -2.61. The third-order valence-electron chi connectivity index (χ3n) is 5.58. The first kappa shape index (κ1) is 19.0. The molecular weight excluding hydrogens is 377 g/mol. The van der Waals surface area contributed by atoms with Crippen molar-refractivity contribution in [3.63, 3.8) is 0 Å². The van der Waals surface area contributed by atoms with Gasteiger partial charge in [-0.1, -0.05) is 18.9 Å². The van der Waals surface area contributed by atoms with E-state index in [4.69, 9.17) is 9.47 Å². The molecule has 0 aromatic heterocycles. The molecule has 0 unspecified atom stereocenters. The fraction of sp³-hybridized carbons (Fsp3) is 0.579. The van der Waals surface area contributed by atoms with E-state index in [0.717, 1.165) is 12.0 Å². The zero-order valence-corrected chi connectivity index (χ0v) is 15.2. The molecule has 152 valence electrons. The molecule has 4 rings (SSSR count). The van der Waals surface area contributed by atoms with Gasteiger partial charge < -0.3 is 14.6 Å². The third kappa shape index (κ3) is 3.11. The molecule has 3 aliphatic rings. The summed E-state index contributed by atoms with van der Waals surface area (Å²) in [4.78, 5) is 12.6. The Morgan fingerprint density at radius 3 is 2.82 bits per heavy atom. The van der Waals surface area contributed by atoms with Crippen molar-refractivity contribution in [1.29, 1.82) is 0 Å². The normalized spacial score (nSPS) is 26.6. The lowest BCUT2D eigenvalue weighted by atomic mass is 9.87. The average molecular weight is 398 g/mol. The second-order valence-electron chi connectivity index (χ2n) is 7.36. The number of aryl methyl sites for hydroxylation is 1. The van der Waals surface area contributed by atoms with E-state index in [-0.39, 0.29) is 36.8 Å². The van der Waals surface area contributed by atoms with Crippen LogP contribution in [0, 0.1) is 5.92 Å². The van der Waals surface area contributed by atoms with E-state index in [1.807, 2.05) is 0 Å². The number of alkyl halides is 3. The molecule has 0 spiro atoms. The Morgan fingerprint density at radius 2 is 2.04 bits per heavy atom. The summed E-state index contributed by atoms with van der Waals surface area (Å²) in [7, 11) is 0. The van der Waals surface area contributed by atoms with Crippen LogP contribution in [0.3, 0.4) is 0 Å². The SMILES string of the molecule is O=C(CCc1ccc2c(c1)OCO2)N1N=C2CCCCC[C@@H]2[C@]1(O)C(F)(F)F. The van der Waals surface area contributed by atoms with Crippen LogP contribution in [0.25, 0.3) is 0 Å². The van der Waals surface area contributed by atoms with Crippen molar-refractivity contribution in [3.8, 4) is 11.5 Å². The van der Waals surface area contributed by atoms with E-state index in [1.54, 1.807) is 18.2 Å². The van der Waals surface area contributed by atoms with Crippen LogP contribution in [0.2, 0.25) is 0 Å². The Balaban J connectivity index is 1.53. The first-order valence-corrected chi connectivity index (χ1v) is 9.39. The summed E-state index contributed by atoms with van der Waals surface area (Å²) in [6.07, 6.45) is -2.38. The number of amides is 1. The van der Waals surface area contributed by atoms with E-state index < -0.39 is 23.7 Å². The number of fused-ring (bicyclic) bond motifs is 2. The van der Waals surface area contributed by atoms with E-state index in [9.17, 15) is 23.1 Å². The van der Waals surface area contributed by atoms with Gasteiger partial charge in [-0.15, -0.1) is 0 Å². The predicted molar refractivity (Wildman–Crippen MR) is 92.7 cm³/mol. The number of hydrogen-bond donors (Lipinski definition) is 1. The van der Waals surface area contributed by atoms with Gasteiger partial charge >= 0.3 is 6.18 Å². The number of ether oxygens (including phenoxy) is 2. The van der Waals surface area contributed by atoms with E-state index in [1.165, 1.54) is 0 Å². The Hall–Kier alpha value is -2.29. The molecule has 1 aromatic rings. The Labute approximate surface area is 159 Å². The Morgan fingerprint density at radius 1 is 1.25 bits per heavy atom. The van der Waals surface area contributed by atoms with E-state index >= 15 is 0 Å². The maximum Gasteiger partial charge on any atom is 0.439 e. The lowest BCUT2D eigenvalue weighted by Gasteiger charge is -2.37. The van der Waals surface area contributed by atoms with Crippen molar-refractivity contribution in [3.05, 3.63) is 23.8 Å². The fourth-order valence-corrected chi connectivity index (χ4v) is 4.09. The van der Waals surface area contributed by atoms with Gasteiger partial charge in [-0.25, -0.2) is 0 Å². The lowest BCUT2D eigenvalue weighted by molar-refractivity contribution is -0.316. The third-order valence-corrected chi connectivity index (χ3v) is 5.58. The minimum atomic E-state index is -4.98. The van der Waals surface area contributed by atoms with Crippen LogP contribution in [0.5, 0.6) is 11.5 Å². The molecule has 2 atom stereocenters. The second-order valence-corrected chi connectivity index (χ2v) is 7.36. The summed E-state index contributed by atoms with van der Waals surface area (Å²) in [5.74, 6) is -0.907. The van der Waals surface area contributed by atoms with Crippen LogP contribution in [0.15, 0.2) is 23.3 Å². The molecule has 1 aliphatic carbocycles. The Bertz CT molecular complexity index is 811. The highest BCUT2D eigenvalue weighted by molar-refractivity contribution is 5.93. The van der Waals surface area contributed by atoms with Crippen molar-refractivity contribution >= 4 is 11.6 Å². The van der Waals surface area contributed by atoms with Crippen LogP contribution >= 0.6 is 0 Å². The topological polar surface area (TPSA) is 71.4 Å². The number of hydrogen-bond acceptors (Lipinski definition) is 5. The number of halogens is 3. The number of rotatable bonds is 3. The van der Waals surface area contributed by atoms with Gasteiger partial charge in [0.15, 0.2) is 11.5 Å². The molecule has 2 heterocycles. The summed E-state index contributed by atoms with van der Waals surface area (Å²) in [6, 6.07) is 5.13. The van der Waals surface area contributed by atoms with Crippen LogP contribution < -0.4 is 9.47 Å². The largest absolute Gasteiger partial charge is 0.454 e. The smallest absolute Gasteiger partial charge is 0.439 e. The summed E-state index contributed by atoms with van der Waals surface area (Å²) in [6.45, 7) is 0.114. The number of hydrazone groups is 1. The van der Waals surface area contributed by atoms with Gasteiger partial charge in [0.1, 0.15) is 0 Å². The molecule has 1 aromatic carbocycles. The summed E-state index contributed by atoms with van der Waals surface area (Å²) >= 11 is 0. The number of carbonyl (C=O) groups is 1. The van der Waals surface area contributed by atoms with E-state index in [0.29, 0.717) is 30.8 Å². The molecule has 0 radical (unpaired) electrons. The minimum absolute atomic E-state index is 0.114. The number of nitrogens with zero attached hydrogens (tertiary/aromatic N) is 2. The number of aliphatic hydroxyl groups is 1. The summed E-state index contributed by atoms with van der Waals surface area (Å²) in [5.41, 5.74) is -2.26. The van der Waals surface area contributed by atoms with Gasteiger partial charge in [-0.3, -0.25) is 4.79 Å². The average Bonchev–Trinajstić information content (AvgIpc) is 3.14. The van der Waals surface area contributed by atoms with Gasteiger partial charge in [0, 0.05) is 12.1 Å². The molecule has 1 amide bonds. The maximum absolute atomic E-state index is 13.8. The van der Waals surface area contributed by atoms with Crippen LogP contribution in [0.1, 0.15) is 44.1 Å². The highest BCUT2D eigenvalue weighted by Crippen LogP contribution is 2.47. The van der Waals surface area contributed by atoms with E-state index in [2.05, 4.69) is 5.10 Å². The maximum atomic E-state index is 13.8. The van der Waals surface area contributed by atoms with Crippen molar-refractivity contribution in [2.24, 2.45) is 11.0 Å². The Kier molecular flexibility index (Phi) is 4.73. The van der Waals surface area contributed by atoms with Crippen molar-refractivity contribution in [2.45, 2.75) is 56.8 Å². The zero-order valence-electron chi connectivity index (χ0n) is 15.2. The molecule has 0 bridgehead atoms. The summed E-state index contributed by atoms with van der Waals surface area (Å²) in [5, 5.41) is 14.9. The van der Waals surface area contributed by atoms with Crippen LogP contribution in [0.4, 0.5) is 13.2 Å². The molecule has 1 saturated carbocycles. The fourth-order valence-electron chi connectivity index (χ4n) is 4.09. The molecule has 0 saturated heterocycles. The summed E-state index contributed by atoms with van der Waals surface area (Å²) < 4.78 is 52.0. The van der Waals surface area contributed by atoms with Crippen molar-refractivity contribution < 1.29 is 32.5 Å². The first-order chi connectivity index (χ1) is 13.3. The molecule has 1 fully saturated rings. The monoisotopic (exact) mass is 398 g/mol. The number of benzene rings is 1. The second kappa shape index (κ2) is 6.95. The molecule has 2 aliphatic heterocycles. The first-order valence-electron chi connectivity index (χ1n) is 9.39. The van der Waals surface area contributed by atoms with Gasteiger partial charge in [-0.05, 0) is 43.4 Å². The number of carbonyl (C=O) groups excluding carboxylic acids is 1. The van der Waals surface area contributed by atoms with Gasteiger partial charge in [0.2, 0.25) is 12.7 Å². The van der Waals surface area contributed by atoms with Crippen LogP contribution in [-0.4, -0.2) is 40.4 Å². The molecular formula is C19H21F3N2O4. The quantitative estimate of drug-likeness (QED) is 0.848. The molecule has 9 heteroatoms. The molecule has 28 heavy (non-hydrogen) atoms. The van der Waals surface area contributed by atoms with Gasteiger partial charge in [-0.2, -0.15) is 23.3 Å². The highest BCUT2D eigenvalue weighted by atomic mass is 19.4. The molecule has 1 N–H and O–H groups in total. The van der Waals surface area contributed by atoms with Gasteiger partial charge in [0.25, 0.3) is 5.72 Å². The van der Waals surface area contributed by atoms with Crippen molar-refractivity contribution in [2.75, 3.05) is 6.79 Å². The zero-order chi connectivity index (χ0) is 19.9. The highest BCUT2D eigenvalue weighted by Gasteiger charge is 2.67. The van der Waals surface area contributed by atoms with Gasteiger partial charge in [0.05, 0.1) is 5.92 Å². The van der Waals surface area contributed by atoms with Crippen LogP contribution in [-0.2, 0) is 11.2 Å². The van der Waals surface area contributed by atoms with Crippen molar-refractivity contribution in [1.82, 2.24) is 5.01 Å². The minimum Gasteiger partial charge on any atom is -0.454 e. The molecule has 6 nitrogen and oxygen atoms in total. The standard InChI is InChI=1S/C19H21F3N2O4/c20-19(21,22)18(26)13-4-2-1-3-5-14(13)23-24(18)17(25)9-7-12-6-8-15-16(10-12)28-11-27-15/h6,8,10,13,26H,1-5,7,9,11H2/t13-,18-/m0/s1. The predicted octanol–water partition coefficient (Wildman–Crippen LogP) is 3.38.